The van der Waals surface area contributed by atoms with Crippen molar-refractivity contribution < 1.29 is 14.0 Å². The summed E-state index contributed by atoms with van der Waals surface area (Å²) in [6.07, 6.45) is 0. The van der Waals surface area contributed by atoms with E-state index in [1.165, 1.54) is 18.2 Å². The van der Waals surface area contributed by atoms with Crippen molar-refractivity contribution in [3.63, 3.8) is 0 Å². The Kier molecular flexibility index (Phi) is 3.68. The van der Waals surface area contributed by atoms with Crippen molar-refractivity contribution in [2.75, 3.05) is 11.1 Å². The minimum Gasteiger partial charge on any atom is -0.334 e. The highest BCUT2D eigenvalue weighted by Crippen LogP contribution is 2.21. The number of benzene rings is 1. The lowest BCUT2D eigenvalue weighted by molar-refractivity contribution is -0.117. The van der Waals surface area contributed by atoms with Crippen LogP contribution in [0, 0.1) is 5.82 Å². The van der Waals surface area contributed by atoms with Crippen LogP contribution in [-0.2, 0) is 4.79 Å². The van der Waals surface area contributed by atoms with E-state index in [0.717, 1.165) is 11.8 Å². The van der Waals surface area contributed by atoms with Crippen LogP contribution in [0.25, 0.3) is 0 Å². The van der Waals surface area contributed by atoms with Gasteiger partial charge in [-0.1, -0.05) is 11.8 Å². The smallest absolute Gasteiger partial charge is 0.279 e. The number of rotatable bonds is 2. The predicted molar refractivity (Wildman–Crippen MR) is 67.5 cm³/mol. The average molecular weight is 319 g/mol. The van der Waals surface area contributed by atoms with Gasteiger partial charge in [0.2, 0.25) is 5.91 Å². The Hall–Kier alpha value is -1.08. The molecule has 2 rings (SSSR count). The average Bonchev–Trinajstić information content (AvgIpc) is 2.70. The first-order valence-electron chi connectivity index (χ1n) is 4.75. The highest BCUT2D eigenvalue weighted by Gasteiger charge is 2.27. The van der Waals surface area contributed by atoms with Gasteiger partial charge in [0.1, 0.15) is 11.9 Å². The van der Waals surface area contributed by atoms with Crippen LogP contribution in [-0.4, -0.2) is 22.9 Å². The van der Waals surface area contributed by atoms with Crippen LogP contribution in [0.1, 0.15) is 0 Å². The number of halogens is 2. The second kappa shape index (κ2) is 5.05. The number of hydrogen-bond acceptors (Lipinski definition) is 3. The zero-order valence-corrected chi connectivity index (χ0v) is 10.9. The Morgan fingerprint density at radius 3 is 2.94 bits per heavy atom. The molecule has 1 aliphatic rings. The third kappa shape index (κ3) is 2.98. The Balaban J connectivity index is 2.03. The van der Waals surface area contributed by atoms with Gasteiger partial charge in [0.15, 0.2) is 0 Å². The molecule has 1 atom stereocenters. The van der Waals surface area contributed by atoms with Crippen LogP contribution >= 0.6 is 27.7 Å². The summed E-state index contributed by atoms with van der Waals surface area (Å²) < 4.78 is 13.2. The lowest BCUT2D eigenvalue weighted by Gasteiger charge is -2.10. The molecule has 2 amide bonds. The van der Waals surface area contributed by atoms with Gasteiger partial charge < -0.3 is 10.6 Å². The van der Waals surface area contributed by atoms with E-state index in [1.807, 2.05) is 0 Å². The van der Waals surface area contributed by atoms with Crippen molar-refractivity contribution in [1.29, 1.82) is 0 Å². The molecule has 0 aromatic heterocycles. The number of thioether (sulfide) groups is 1. The topological polar surface area (TPSA) is 58.2 Å². The molecule has 1 saturated heterocycles. The van der Waals surface area contributed by atoms with E-state index in [1.54, 1.807) is 0 Å². The molecule has 17 heavy (non-hydrogen) atoms. The normalized spacial score (nSPS) is 18.9. The first kappa shape index (κ1) is 12.4. The van der Waals surface area contributed by atoms with Crippen LogP contribution < -0.4 is 10.6 Å². The van der Waals surface area contributed by atoms with Crippen LogP contribution in [0.5, 0.6) is 0 Å². The second-order valence-corrected chi connectivity index (χ2v) is 5.26. The Morgan fingerprint density at radius 1 is 1.59 bits per heavy atom. The van der Waals surface area contributed by atoms with Crippen LogP contribution in [0.4, 0.5) is 14.9 Å². The quantitative estimate of drug-likeness (QED) is 0.880. The molecule has 4 nitrogen and oxygen atoms in total. The molecule has 0 spiro atoms. The number of carbonyl (C=O) groups excluding carboxylic acids is 2. The third-order valence-corrected chi connectivity index (χ3v) is 3.66. The Bertz CT molecular complexity index is 483. The van der Waals surface area contributed by atoms with Gasteiger partial charge in [-0.2, -0.15) is 0 Å². The molecule has 1 aromatic rings. The molecule has 7 heteroatoms. The summed E-state index contributed by atoms with van der Waals surface area (Å²) in [4.78, 5) is 22.6. The summed E-state index contributed by atoms with van der Waals surface area (Å²) in [6, 6.07) is 3.65. The molecule has 0 saturated carbocycles. The summed E-state index contributed by atoms with van der Waals surface area (Å²) >= 11 is 4.10. The third-order valence-electron chi connectivity index (χ3n) is 2.18. The number of anilines is 1. The minimum atomic E-state index is -0.531. The zero-order chi connectivity index (χ0) is 12.4. The number of hydrogen-bond donors (Lipinski definition) is 2. The number of amides is 2. The lowest BCUT2D eigenvalue weighted by Crippen LogP contribution is -2.38. The van der Waals surface area contributed by atoms with Crippen LogP contribution in [0.15, 0.2) is 22.7 Å². The molecule has 0 aliphatic carbocycles. The van der Waals surface area contributed by atoms with E-state index in [2.05, 4.69) is 26.6 Å². The highest BCUT2D eigenvalue weighted by atomic mass is 79.9. The summed E-state index contributed by atoms with van der Waals surface area (Å²) in [7, 11) is 0. The largest absolute Gasteiger partial charge is 0.334 e. The maximum Gasteiger partial charge on any atom is 0.279 e. The zero-order valence-electron chi connectivity index (χ0n) is 8.50. The fourth-order valence-corrected chi connectivity index (χ4v) is 2.49. The maximum absolute atomic E-state index is 13.0. The van der Waals surface area contributed by atoms with Gasteiger partial charge in [0.05, 0.1) is 4.47 Å². The highest BCUT2D eigenvalue weighted by molar-refractivity contribution is 9.10. The molecule has 2 N–H and O–H groups in total. The van der Waals surface area contributed by atoms with Gasteiger partial charge >= 0.3 is 0 Å². The summed E-state index contributed by atoms with van der Waals surface area (Å²) in [6.45, 7) is 0. The molecular weight excluding hydrogens is 311 g/mol. The fraction of sp³-hybridized carbons (Fsp3) is 0.200. The van der Waals surface area contributed by atoms with E-state index in [4.69, 9.17) is 0 Å². The molecule has 90 valence electrons. The molecule has 0 bridgehead atoms. The van der Waals surface area contributed by atoms with E-state index >= 15 is 0 Å². The summed E-state index contributed by atoms with van der Waals surface area (Å²) in [5.41, 5.74) is 0.481. The Morgan fingerprint density at radius 2 is 2.35 bits per heavy atom. The summed E-state index contributed by atoms with van der Waals surface area (Å²) in [5.74, 6) is -0.290. The summed E-state index contributed by atoms with van der Waals surface area (Å²) in [5, 5.41) is 4.93. The van der Waals surface area contributed by atoms with Crippen LogP contribution in [0.3, 0.4) is 0 Å². The second-order valence-electron chi connectivity index (χ2n) is 3.41. The van der Waals surface area contributed by atoms with Gasteiger partial charge in [0, 0.05) is 11.4 Å². The van der Waals surface area contributed by atoms with E-state index in [0.29, 0.717) is 11.4 Å². The van der Waals surface area contributed by atoms with Crippen molar-refractivity contribution in [2.45, 2.75) is 6.04 Å². The van der Waals surface area contributed by atoms with E-state index in [-0.39, 0.29) is 15.6 Å². The number of nitrogens with one attached hydrogen (secondary N) is 2. The molecule has 1 aromatic carbocycles. The minimum absolute atomic E-state index is 0.203. The van der Waals surface area contributed by atoms with Crippen molar-refractivity contribution >= 4 is 44.5 Å². The van der Waals surface area contributed by atoms with Crippen molar-refractivity contribution in [1.82, 2.24) is 5.32 Å². The van der Waals surface area contributed by atoms with Crippen molar-refractivity contribution in [3.8, 4) is 0 Å². The predicted octanol–water partition coefficient (Wildman–Crippen LogP) is 2.35. The standard InChI is InChI=1S/C10H8BrFN2O2S/c11-6-3-5(1-2-7(6)12)13-9(15)8-4-17-10(16)14-8/h1-3,8H,4H2,(H,13,15)(H,14,16). The van der Waals surface area contributed by atoms with E-state index < -0.39 is 11.9 Å². The van der Waals surface area contributed by atoms with Crippen LogP contribution in [0.2, 0.25) is 0 Å². The van der Waals surface area contributed by atoms with E-state index in [9.17, 15) is 14.0 Å². The number of carbonyl (C=O) groups is 2. The first-order chi connectivity index (χ1) is 8.06. The molecule has 1 fully saturated rings. The van der Waals surface area contributed by atoms with Gasteiger partial charge in [-0.05, 0) is 34.1 Å². The van der Waals surface area contributed by atoms with Crippen molar-refractivity contribution in [3.05, 3.63) is 28.5 Å². The molecule has 0 radical (unpaired) electrons. The first-order valence-corrected chi connectivity index (χ1v) is 6.53. The lowest BCUT2D eigenvalue weighted by atomic mass is 10.2. The van der Waals surface area contributed by atoms with Gasteiger partial charge in [-0.3, -0.25) is 9.59 Å². The Labute approximate surface area is 109 Å². The molecule has 1 heterocycles. The SMILES string of the molecule is O=C1NC(C(=O)Nc2ccc(F)c(Br)c2)CS1. The monoisotopic (exact) mass is 318 g/mol. The maximum atomic E-state index is 13.0. The van der Waals surface area contributed by atoms with Crippen molar-refractivity contribution in [2.24, 2.45) is 0 Å². The molecular formula is C10H8BrFN2O2S. The molecule has 1 aliphatic heterocycles. The van der Waals surface area contributed by atoms with Gasteiger partial charge in [-0.15, -0.1) is 0 Å². The van der Waals surface area contributed by atoms with Gasteiger partial charge in [-0.25, -0.2) is 4.39 Å². The molecule has 1 unspecified atom stereocenters. The van der Waals surface area contributed by atoms with Gasteiger partial charge in [0.25, 0.3) is 5.24 Å². The fourth-order valence-electron chi connectivity index (χ4n) is 1.33.